The SMILES string of the molecule is C[C@@H](N[P@](=O)(Oc1ccc([N+](=O)[O-])cc1)Oc1cccc2ccccc12)C(=O)O. The van der Waals surface area contributed by atoms with E-state index in [1.165, 1.54) is 31.2 Å². The second kappa shape index (κ2) is 8.30. The summed E-state index contributed by atoms with van der Waals surface area (Å²) in [5.74, 6) is -0.998. The van der Waals surface area contributed by atoms with E-state index in [0.717, 1.165) is 5.39 Å². The van der Waals surface area contributed by atoms with E-state index in [2.05, 4.69) is 5.09 Å². The van der Waals surface area contributed by atoms with Gasteiger partial charge in [0.2, 0.25) is 0 Å². The molecular formula is C19H17N2O7P. The van der Waals surface area contributed by atoms with Gasteiger partial charge in [-0.1, -0.05) is 36.4 Å². The van der Waals surface area contributed by atoms with Crippen LogP contribution < -0.4 is 14.1 Å². The van der Waals surface area contributed by atoms with Crippen LogP contribution in [0.3, 0.4) is 0 Å². The number of carboxylic acid groups (broad SMARTS) is 1. The summed E-state index contributed by atoms with van der Waals surface area (Å²) in [5, 5.41) is 23.8. The van der Waals surface area contributed by atoms with Gasteiger partial charge in [0.15, 0.2) is 0 Å². The fourth-order valence-corrected chi connectivity index (χ4v) is 4.08. The first-order valence-corrected chi connectivity index (χ1v) is 10.0. The van der Waals surface area contributed by atoms with Gasteiger partial charge in [-0.25, -0.2) is 4.57 Å². The number of benzene rings is 3. The van der Waals surface area contributed by atoms with E-state index in [-0.39, 0.29) is 17.2 Å². The molecule has 0 saturated carbocycles. The number of carboxylic acids is 1. The minimum Gasteiger partial charge on any atom is -0.480 e. The Bertz CT molecular complexity index is 1100. The first kappa shape index (κ1) is 20.3. The number of nitrogens with zero attached hydrogens (tertiary/aromatic N) is 1. The van der Waals surface area contributed by atoms with Crippen LogP contribution >= 0.6 is 7.75 Å². The van der Waals surface area contributed by atoms with Crippen LogP contribution in [-0.2, 0) is 9.36 Å². The van der Waals surface area contributed by atoms with Crippen molar-refractivity contribution in [3.05, 3.63) is 76.8 Å². The number of nitrogens with one attached hydrogen (secondary N) is 1. The van der Waals surface area contributed by atoms with E-state index < -0.39 is 24.7 Å². The summed E-state index contributed by atoms with van der Waals surface area (Å²) < 4.78 is 24.5. The van der Waals surface area contributed by atoms with Crippen molar-refractivity contribution >= 4 is 30.2 Å². The maximum absolute atomic E-state index is 13.4. The van der Waals surface area contributed by atoms with Crippen molar-refractivity contribution in [1.82, 2.24) is 5.09 Å². The molecule has 0 aliphatic heterocycles. The molecule has 0 aliphatic rings. The van der Waals surface area contributed by atoms with Crippen LogP contribution in [-0.4, -0.2) is 22.0 Å². The first-order valence-electron chi connectivity index (χ1n) is 8.49. The second-order valence-corrected chi connectivity index (χ2v) is 7.72. The minimum atomic E-state index is -4.22. The standard InChI is InChI=1S/C19H17N2O7P/c1-13(19(22)23)20-29(26,27-16-11-9-15(10-12-16)21(24)25)28-18-8-4-6-14-5-2-3-7-17(14)18/h2-13H,1H3,(H,20,26)(H,22,23)/t13-,29+/m1/s1. The van der Waals surface area contributed by atoms with Crippen molar-refractivity contribution in [2.24, 2.45) is 0 Å². The van der Waals surface area contributed by atoms with Crippen LogP contribution in [0.4, 0.5) is 5.69 Å². The van der Waals surface area contributed by atoms with Crippen LogP contribution in [0.15, 0.2) is 66.7 Å². The molecule has 2 atom stereocenters. The average molecular weight is 416 g/mol. The van der Waals surface area contributed by atoms with E-state index in [9.17, 15) is 24.6 Å². The maximum atomic E-state index is 13.4. The topological polar surface area (TPSA) is 128 Å². The van der Waals surface area contributed by atoms with Crippen LogP contribution in [0.5, 0.6) is 11.5 Å². The molecule has 0 spiro atoms. The van der Waals surface area contributed by atoms with Gasteiger partial charge in [-0.15, -0.1) is 0 Å². The lowest BCUT2D eigenvalue weighted by Crippen LogP contribution is -2.34. The largest absolute Gasteiger partial charge is 0.513 e. The molecule has 0 radical (unpaired) electrons. The van der Waals surface area contributed by atoms with E-state index in [0.29, 0.717) is 5.39 Å². The fraction of sp³-hybridized carbons (Fsp3) is 0.105. The molecule has 0 aromatic heterocycles. The Hall–Kier alpha value is -3.42. The van der Waals surface area contributed by atoms with Gasteiger partial charge in [0, 0.05) is 17.5 Å². The molecule has 0 saturated heterocycles. The predicted octanol–water partition coefficient (Wildman–Crippen LogP) is 4.38. The normalized spacial score (nSPS) is 14.0. The number of non-ortho nitro benzene ring substituents is 1. The Labute approximate surface area is 165 Å². The zero-order chi connectivity index (χ0) is 21.0. The Morgan fingerprint density at radius 1 is 1.07 bits per heavy atom. The summed E-state index contributed by atoms with van der Waals surface area (Å²) in [7, 11) is -4.22. The molecular weight excluding hydrogens is 399 g/mol. The van der Waals surface area contributed by atoms with Crippen LogP contribution in [0.2, 0.25) is 0 Å². The van der Waals surface area contributed by atoms with Crippen molar-refractivity contribution < 1.29 is 28.4 Å². The number of carbonyl (C=O) groups is 1. The summed E-state index contributed by atoms with van der Waals surface area (Å²) in [5.41, 5.74) is -0.172. The van der Waals surface area contributed by atoms with E-state index >= 15 is 0 Å². The van der Waals surface area contributed by atoms with Crippen molar-refractivity contribution in [1.29, 1.82) is 0 Å². The highest BCUT2D eigenvalue weighted by Gasteiger charge is 2.33. The van der Waals surface area contributed by atoms with Crippen molar-refractivity contribution in [2.45, 2.75) is 13.0 Å². The smallest absolute Gasteiger partial charge is 0.480 e. The van der Waals surface area contributed by atoms with Gasteiger partial charge in [0.05, 0.1) is 4.92 Å². The van der Waals surface area contributed by atoms with Gasteiger partial charge < -0.3 is 14.2 Å². The highest BCUT2D eigenvalue weighted by Crippen LogP contribution is 2.47. The fourth-order valence-electron chi connectivity index (χ4n) is 2.54. The van der Waals surface area contributed by atoms with Crippen molar-refractivity contribution in [3.63, 3.8) is 0 Å². The van der Waals surface area contributed by atoms with Gasteiger partial charge in [0.25, 0.3) is 5.69 Å². The Balaban J connectivity index is 1.95. The molecule has 0 bridgehead atoms. The predicted molar refractivity (Wildman–Crippen MR) is 106 cm³/mol. The molecule has 3 rings (SSSR count). The monoisotopic (exact) mass is 416 g/mol. The summed E-state index contributed by atoms with van der Waals surface area (Å²) in [6.07, 6.45) is 0. The molecule has 29 heavy (non-hydrogen) atoms. The molecule has 3 aromatic rings. The third-order valence-electron chi connectivity index (χ3n) is 3.96. The molecule has 3 aromatic carbocycles. The Kier molecular flexibility index (Phi) is 5.81. The molecule has 2 N–H and O–H groups in total. The van der Waals surface area contributed by atoms with E-state index in [1.807, 2.05) is 18.2 Å². The molecule has 9 nitrogen and oxygen atoms in total. The van der Waals surface area contributed by atoms with Crippen molar-refractivity contribution in [3.8, 4) is 11.5 Å². The second-order valence-electron chi connectivity index (χ2n) is 6.10. The van der Waals surface area contributed by atoms with Gasteiger partial charge in [-0.2, -0.15) is 5.09 Å². The quantitative estimate of drug-likeness (QED) is 0.315. The number of rotatable bonds is 8. The molecule has 0 aliphatic carbocycles. The molecule has 0 unspecified atom stereocenters. The summed E-state index contributed by atoms with van der Waals surface area (Å²) in [4.78, 5) is 21.5. The molecule has 0 fully saturated rings. The molecule has 10 heteroatoms. The maximum Gasteiger partial charge on any atom is 0.513 e. The molecule has 0 amide bonds. The number of nitro benzene ring substituents is 1. The van der Waals surface area contributed by atoms with E-state index in [4.69, 9.17) is 9.05 Å². The van der Waals surface area contributed by atoms with Gasteiger partial charge in [-0.3, -0.25) is 14.9 Å². The van der Waals surface area contributed by atoms with Crippen LogP contribution in [0.1, 0.15) is 6.92 Å². The lowest BCUT2D eigenvalue weighted by Gasteiger charge is -2.22. The van der Waals surface area contributed by atoms with Gasteiger partial charge >= 0.3 is 13.7 Å². The first-order chi connectivity index (χ1) is 13.8. The number of nitro groups is 1. The summed E-state index contributed by atoms with van der Waals surface area (Å²) in [6, 6.07) is 16.0. The highest BCUT2D eigenvalue weighted by molar-refractivity contribution is 7.52. The number of hydrogen-bond acceptors (Lipinski definition) is 6. The lowest BCUT2D eigenvalue weighted by molar-refractivity contribution is -0.384. The number of aliphatic carboxylic acids is 1. The number of fused-ring (bicyclic) bond motifs is 1. The third kappa shape index (κ3) is 4.90. The van der Waals surface area contributed by atoms with Crippen molar-refractivity contribution in [2.75, 3.05) is 0 Å². The Morgan fingerprint density at radius 3 is 2.38 bits per heavy atom. The number of hydrogen-bond donors (Lipinski definition) is 2. The summed E-state index contributed by atoms with van der Waals surface area (Å²) in [6.45, 7) is 1.29. The zero-order valence-electron chi connectivity index (χ0n) is 15.2. The Morgan fingerprint density at radius 2 is 1.72 bits per heavy atom. The van der Waals surface area contributed by atoms with Crippen LogP contribution in [0, 0.1) is 10.1 Å². The zero-order valence-corrected chi connectivity index (χ0v) is 16.1. The van der Waals surface area contributed by atoms with Crippen LogP contribution in [0.25, 0.3) is 10.8 Å². The highest BCUT2D eigenvalue weighted by atomic mass is 31.2. The molecule has 150 valence electrons. The summed E-state index contributed by atoms with van der Waals surface area (Å²) >= 11 is 0. The molecule has 0 heterocycles. The third-order valence-corrected chi connectivity index (χ3v) is 5.56. The average Bonchev–Trinajstić information content (AvgIpc) is 2.68. The van der Waals surface area contributed by atoms with Gasteiger partial charge in [0.1, 0.15) is 17.5 Å². The minimum absolute atomic E-state index is 0.0178. The lowest BCUT2D eigenvalue weighted by atomic mass is 10.1. The van der Waals surface area contributed by atoms with Gasteiger partial charge in [-0.05, 0) is 30.5 Å². The van der Waals surface area contributed by atoms with E-state index in [1.54, 1.807) is 24.3 Å².